The second kappa shape index (κ2) is 9.38. The summed E-state index contributed by atoms with van der Waals surface area (Å²) in [5.74, 6) is 0.146. The summed E-state index contributed by atoms with van der Waals surface area (Å²) in [5, 5.41) is 6.61. The molecule has 2 aliphatic rings. The molecule has 30 heavy (non-hydrogen) atoms. The zero-order valence-electron chi connectivity index (χ0n) is 17.1. The molecular formula is C24H28ClN3OS. The second-order valence-corrected chi connectivity index (χ2v) is 9.03. The molecule has 0 unspecified atom stereocenters. The highest BCUT2D eigenvalue weighted by Crippen LogP contribution is 2.31. The monoisotopic (exact) mass is 441 g/mol. The molecule has 4 nitrogen and oxygen atoms in total. The zero-order chi connectivity index (χ0) is 19.6. The number of fused-ring (bicyclic) bond motifs is 2. The first kappa shape index (κ1) is 21.2. The van der Waals surface area contributed by atoms with Crippen molar-refractivity contribution < 1.29 is 4.79 Å². The van der Waals surface area contributed by atoms with Crippen LogP contribution in [0.15, 0.2) is 47.8 Å². The van der Waals surface area contributed by atoms with Gasteiger partial charge in [-0.3, -0.25) is 9.69 Å². The summed E-state index contributed by atoms with van der Waals surface area (Å²) in [4.78, 5) is 16.8. The molecule has 5 rings (SSSR count). The number of aryl methyl sites for hydroxylation is 1. The van der Waals surface area contributed by atoms with E-state index in [1.54, 1.807) is 0 Å². The van der Waals surface area contributed by atoms with Gasteiger partial charge in [0.25, 0.3) is 0 Å². The Morgan fingerprint density at radius 2 is 1.87 bits per heavy atom. The van der Waals surface area contributed by atoms with Gasteiger partial charge in [0.05, 0.1) is 0 Å². The highest BCUT2D eigenvalue weighted by Gasteiger charge is 2.19. The summed E-state index contributed by atoms with van der Waals surface area (Å²) in [5.41, 5.74) is 5.07. The molecule has 3 aromatic rings. The Morgan fingerprint density at radius 3 is 2.73 bits per heavy atom. The predicted molar refractivity (Wildman–Crippen MR) is 129 cm³/mol. The maximum atomic E-state index is 11.7. The summed E-state index contributed by atoms with van der Waals surface area (Å²) in [7, 11) is 0. The van der Waals surface area contributed by atoms with Crippen molar-refractivity contribution in [2.24, 2.45) is 0 Å². The number of hydrogen-bond donors (Lipinski definition) is 1. The van der Waals surface area contributed by atoms with Crippen molar-refractivity contribution in [2.45, 2.75) is 25.7 Å². The van der Waals surface area contributed by atoms with Crippen molar-refractivity contribution in [1.82, 2.24) is 4.90 Å². The number of hydrogen-bond acceptors (Lipinski definition) is 4. The molecule has 2 aromatic carbocycles. The first-order valence-electron chi connectivity index (χ1n) is 10.6. The third-order valence-electron chi connectivity index (χ3n) is 6.20. The van der Waals surface area contributed by atoms with Crippen molar-refractivity contribution >= 4 is 51.1 Å². The topological polar surface area (TPSA) is 35.6 Å². The van der Waals surface area contributed by atoms with E-state index in [-0.39, 0.29) is 18.3 Å². The molecule has 3 heterocycles. The quantitative estimate of drug-likeness (QED) is 0.621. The summed E-state index contributed by atoms with van der Waals surface area (Å²) in [6.45, 7) is 5.50. The minimum absolute atomic E-state index is 0. The standard InChI is InChI=1S/C24H27N3OS.ClH/c28-24-6-1-3-19-17-18(7-8-21(19)25-24)9-11-26-12-14-27(15-13-26)22-4-2-5-23-20(22)10-16-29-23;/h2,4-5,7-8,10,16-17H,1,3,6,9,11-15H2,(H,25,28);1H. The number of nitrogens with one attached hydrogen (secondary N) is 1. The molecule has 6 heteroatoms. The molecule has 0 spiro atoms. The second-order valence-electron chi connectivity index (χ2n) is 8.08. The van der Waals surface area contributed by atoms with E-state index in [4.69, 9.17) is 0 Å². The van der Waals surface area contributed by atoms with Gasteiger partial charge in [-0.25, -0.2) is 0 Å². The number of rotatable bonds is 4. The lowest BCUT2D eigenvalue weighted by molar-refractivity contribution is -0.116. The van der Waals surface area contributed by atoms with Crippen LogP contribution in [0.2, 0.25) is 0 Å². The van der Waals surface area contributed by atoms with Crippen molar-refractivity contribution in [3.05, 3.63) is 59.0 Å². The molecule has 1 fully saturated rings. The maximum Gasteiger partial charge on any atom is 0.224 e. The summed E-state index contributed by atoms with van der Waals surface area (Å²) >= 11 is 1.82. The minimum Gasteiger partial charge on any atom is -0.368 e. The Morgan fingerprint density at radius 1 is 1.00 bits per heavy atom. The van der Waals surface area contributed by atoms with Crippen LogP contribution in [0.3, 0.4) is 0 Å². The van der Waals surface area contributed by atoms with Crippen molar-refractivity contribution in [3.8, 4) is 0 Å². The maximum absolute atomic E-state index is 11.7. The molecule has 158 valence electrons. The number of halogens is 1. The molecule has 0 atom stereocenters. The highest BCUT2D eigenvalue weighted by molar-refractivity contribution is 7.17. The number of anilines is 2. The SMILES string of the molecule is Cl.O=C1CCCc2cc(CCN3CCN(c4cccc5sccc45)CC3)ccc2N1. The average molecular weight is 442 g/mol. The van der Waals surface area contributed by atoms with Crippen LogP contribution in [0.4, 0.5) is 11.4 Å². The minimum atomic E-state index is 0. The van der Waals surface area contributed by atoms with Gasteiger partial charge >= 0.3 is 0 Å². The van der Waals surface area contributed by atoms with Crippen LogP contribution in [0, 0.1) is 0 Å². The Kier molecular flexibility index (Phi) is 6.61. The van der Waals surface area contributed by atoms with Crippen LogP contribution in [-0.4, -0.2) is 43.5 Å². The number of carbonyl (C=O) groups excluding carboxylic acids is 1. The highest BCUT2D eigenvalue weighted by atomic mass is 35.5. The van der Waals surface area contributed by atoms with Crippen LogP contribution in [0.25, 0.3) is 10.1 Å². The van der Waals surface area contributed by atoms with E-state index in [9.17, 15) is 4.79 Å². The molecule has 1 saturated heterocycles. The van der Waals surface area contributed by atoms with Crippen molar-refractivity contribution in [1.29, 1.82) is 0 Å². The third-order valence-corrected chi connectivity index (χ3v) is 7.08. The number of carbonyl (C=O) groups is 1. The van der Waals surface area contributed by atoms with Crippen LogP contribution >= 0.6 is 23.7 Å². The molecule has 1 amide bonds. The Balaban J connectivity index is 0.00000218. The summed E-state index contributed by atoms with van der Waals surface area (Å²) < 4.78 is 1.38. The Labute approximate surface area is 188 Å². The van der Waals surface area contributed by atoms with E-state index < -0.39 is 0 Å². The van der Waals surface area contributed by atoms with Gasteiger partial charge in [0.1, 0.15) is 0 Å². The van der Waals surface area contributed by atoms with Crippen LogP contribution in [0.1, 0.15) is 24.0 Å². The van der Waals surface area contributed by atoms with Gasteiger partial charge < -0.3 is 10.2 Å². The lowest BCUT2D eigenvalue weighted by Crippen LogP contribution is -2.47. The summed E-state index contributed by atoms with van der Waals surface area (Å²) in [6, 6.07) is 15.5. The molecule has 1 aromatic heterocycles. The first-order chi connectivity index (χ1) is 14.3. The van der Waals surface area contributed by atoms with E-state index in [2.05, 4.69) is 63.0 Å². The fourth-order valence-corrected chi connectivity index (χ4v) is 5.34. The Bertz CT molecular complexity index is 1030. The molecule has 2 aliphatic heterocycles. The number of piperazine rings is 1. The molecule has 0 bridgehead atoms. The molecule has 0 aliphatic carbocycles. The van der Waals surface area contributed by atoms with E-state index in [1.165, 1.54) is 26.9 Å². The van der Waals surface area contributed by atoms with E-state index in [0.29, 0.717) is 6.42 Å². The lowest BCUT2D eigenvalue weighted by Gasteiger charge is -2.36. The number of thiophene rings is 1. The smallest absolute Gasteiger partial charge is 0.224 e. The van der Waals surface area contributed by atoms with E-state index >= 15 is 0 Å². The van der Waals surface area contributed by atoms with Gasteiger partial charge in [-0.15, -0.1) is 23.7 Å². The molecule has 1 N–H and O–H groups in total. The summed E-state index contributed by atoms with van der Waals surface area (Å²) in [6.07, 6.45) is 3.64. The van der Waals surface area contributed by atoms with Crippen molar-refractivity contribution in [3.63, 3.8) is 0 Å². The first-order valence-corrected chi connectivity index (χ1v) is 11.5. The number of benzene rings is 2. The van der Waals surface area contributed by atoms with Gasteiger partial charge in [-0.2, -0.15) is 0 Å². The number of nitrogens with zero attached hydrogens (tertiary/aromatic N) is 2. The van der Waals surface area contributed by atoms with Crippen LogP contribution in [-0.2, 0) is 17.6 Å². The normalized spacial score (nSPS) is 17.2. The molecule has 0 radical (unpaired) electrons. The zero-order valence-corrected chi connectivity index (χ0v) is 18.7. The van der Waals surface area contributed by atoms with Gasteiger partial charge in [-0.1, -0.05) is 18.2 Å². The average Bonchev–Trinajstić information content (AvgIpc) is 3.15. The lowest BCUT2D eigenvalue weighted by atomic mass is 10.0. The van der Waals surface area contributed by atoms with Crippen LogP contribution in [0.5, 0.6) is 0 Å². The fraction of sp³-hybridized carbons (Fsp3) is 0.375. The van der Waals surface area contributed by atoms with Crippen molar-refractivity contribution in [2.75, 3.05) is 42.9 Å². The third kappa shape index (κ3) is 4.48. The largest absolute Gasteiger partial charge is 0.368 e. The van der Waals surface area contributed by atoms with Gasteiger partial charge in [-0.05, 0) is 60.0 Å². The van der Waals surface area contributed by atoms with E-state index in [0.717, 1.165) is 57.7 Å². The van der Waals surface area contributed by atoms with E-state index in [1.807, 2.05) is 11.3 Å². The van der Waals surface area contributed by atoms with Gasteiger partial charge in [0.15, 0.2) is 0 Å². The van der Waals surface area contributed by atoms with Crippen LogP contribution < -0.4 is 10.2 Å². The van der Waals surface area contributed by atoms with Gasteiger partial charge in [0.2, 0.25) is 5.91 Å². The number of amides is 1. The van der Waals surface area contributed by atoms with Gasteiger partial charge in [0, 0.05) is 60.6 Å². The molecular weight excluding hydrogens is 414 g/mol. The molecule has 0 saturated carbocycles. The fourth-order valence-electron chi connectivity index (χ4n) is 4.54. The predicted octanol–water partition coefficient (Wildman–Crippen LogP) is 4.96. The Hall–Kier alpha value is -2.08.